The summed E-state index contributed by atoms with van der Waals surface area (Å²) in [7, 11) is 0. The first kappa shape index (κ1) is 25.2. The van der Waals surface area contributed by atoms with Crippen LogP contribution in [0.4, 0.5) is 0 Å². The van der Waals surface area contributed by atoms with Crippen molar-refractivity contribution in [2.24, 2.45) is 0 Å². The maximum atomic E-state index is 13.7. The van der Waals surface area contributed by atoms with Crippen molar-refractivity contribution in [2.75, 3.05) is 0 Å². The van der Waals surface area contributed by atoms with Crippen molar-refractivity contribution >= 4 is 29.1 Å². The van der Waals surface area contributed by atoms with Crippen molar-refractivity contribution in [3.8, 4) is 17.0 Å². The summed E-state index contributed by atoms with van der Waals surface area (Å²) in [6, 6.07) is 31.0. The molecule has 0 radical (unpaired) electrons. The number of H-pyrrole nitrogens is 1. The monoisotopic (exact) mass is 553 g/mol. The number of halogens is 2. The summed E-state index contributed by atoms with van der Waals surface area (Å²) in [4.78, 5) is 15.6. The van der Waals surface area contributed by atoms with Gasteiger partial charge in [0.2, 0.25) is 0 Å². The Labute approximate surface area is 237 Å². The lowest BCUT2D eigenvalue weighted by Crippen LogP contribution is -2.29. The van der Waals surface area contributed by atoms with E-state index >= 15 is 0 Å². The number of ether oxygens (including phenoxy) is 1. The van der Waals surface area contributed by atoms with Crippen LogP contribution >= 0.6 is 23.2 Å². The van der Waals surface area contributed by atoms with Crippen molar-refractivity contribution in [2.45, 2.75) is 26.1 Å². The molecule has 0 fully saturated rings. The first-order valence-corrected chi connectivity index (χ1v) is 13.4. The first-order chi connectivity index (χ1) is 19.0. The molecule has 1 unspecified atom stereocenters. The van der Waals surface area contributed by atoms with Gasteiger partial charge in [-0.3, -0.25) is 9.89 Å². The number of aromatic amines is 1. The zero-order chi connectivity index (χ0) is 26.9. The number of aryl methyl sites for hydroxylation is 1. The average Bonchev–Trinajstić information content (AvgIpc) is 3.49. The van der Waals surface area contributed by atoms with Crippen molar-refractivity contribution < 1.29 is 9.53 Å². The fourth-order valence-corrected chi connectivity index (χ4v) is 5.17. The average molecular weight is 554 g/mol. The number of benzene rings is 4. The quantitative estimate of drug-likeness (QED) is 0.222. The van der Waals surface area contributed by atoms with Crippen LogP contribution in [0.15, 0.2) is 97.1 Å². The molecule has 1 aliphatic rings. The Morgan fingerprint density at radius 1 is 0.821 bits per heavy atom. The zero-order valence-electron chi connectivity index (χ0n) is 21.2. The minimum atomic E-state index is -0.316. The van der Waals surface area contributed by atoms with Gasteiger partial charge in [-0.25, -0.2) is 0 Å². The van der Waals surface area contributed by atoms with E-state index in [2.05, 4.69) is 29.3 Å². The number of carbonyl (C=O) groups excluding carboxylic acids is 1. The van der Waals surface area contributed by atoms with Gasteiger partial charge in [-0.1, -0.05) is 89.4 Å². The molecule has 7 heteroatoms. The molecular formula is C32H25Cl2N3O2. The molecular weight excluding hydrogens is 529 g/mol. The largest absolute Gasteiger partial charge is 0.489 e. The number of carbonyl (C=O) groups is 1. The minimum Gasteiger partial charge on any atom is -0.489 e. The van der Waals surface area contributed by atoms with E-state index in [4.69, 9.17) is 27.9 Å². The predicted molar refractivity (Wildman–Crippen MR) is 154 cm³/mol. The molecule has 194 valence electrons. The second-order valence-corrected chi connectivity index (χ2v) is 10.5. The SMILES string of the molecule is Cc1ccc(-c2n[nH]c3c2C(c2ccc(OCc4ccc(Cl)cc4)cc2)N(Cc2ccc(Cl)cc2)C3=O)cc1. The fourth-order valence-electron chi connectivity index (χ4n) is 4.92. The van der Waals surface area contributed by atoms with Gasteiger partial charge in [-0.05, 0) is 60.0 Å². The van der Waals surface area contributed by atoms with Crippen LogP contribution in [0.3, 0.4) is 0 Å². The highest BCUT2D eigenvalue weighted by atomic mass is 35.5. The van der Waals surface area contributed by atoms with Gasteiger partial charge in [-0.2, -0.15) is 5.10 Å². The minimum absolute atomic E-state index is 0.0844. The maximum absolute atomic E-state index is 13.7. The number of amides is 1. The van der Waals surface area contributed by atoms with Gasteiger partial charge in [0, 0.05) is 27.7 Å². The number of nitrogens with one attached hydrogen (secondary N) is 1. The third-order valence-electron chi connectivity index (χ3n) is 6.97. The summed E-state index contributed by atoms with van der Waals surface area (Å²) in [5, 5.41) is 8.97. The molecule has 2 heterocycles. The van der Waals surface area contributed by atoms with E-state index in [1.54, 1.807) is 0 Å². The first-order valence-electron chi connectivity index (χ1n) is 12.6. The van der Waals surface area contributed by atoms with Crippen molar-refractivity contribution in [1.82, 2.24) is 15.1 Å². The molecule has 0 saturated heterocycles. The summed E-state index contributed by atoms with van der Waals surface area (Å²) in [5.74, 6) is 0.660. The summed E-state index contributed by atoms with van der Waals surface area (Å²) >= 11 is 12.1. The number of aromatic nitrogens is 2. The highest BCUT2D eigenvalue weighted by Crippen LogP contribution is 2.43. The van der Waals surface area contributed by atoms with E-state index in [1.165, 1.54) is 0 Å². The standard InChI is InChI=1S/C32H25Cl2N3O2/c1-20-2-8-23(9-3-20)29-28-30(36-35-29)32(38)37(18-21-4-12-25(33)13-5-21)31(28)24-10-16-27(17-11-24)39-19-22-6-14-26(34)15-7-22/h2-17,31H,18-19H2,1H3,(H,35,36). The summed E-state index contributed by atoms with van der Waals surface area (Å²) in [6.45, 7) is 2.92. The zero-order valence-corrected chi connectivity index (χ0v) is 22.7. The van der Waals surface area contributed by atoms with E-state index in [0.717, 1.165) is 44.8 Å². The molecule has 4 aromatic carbocycles. The van der Waals surface area contributed by atoms with E-state index in [1.807, 2.05) is 89.8 Å². The molecule has 5 aromatic rings. The number of nitrogens with zero attached hydrogens (tertiary/aromatic N) is 2. The predicted octanol–water partition coefficient (Wildman–Crippen LogP) is 8.02. The lowest BCUT2D eigenvalue weighted by atomic mass is 9.95. The fraction of sp³-hybridized carbons (Fsp3) is 0.125. The third-order valence-corrected chi connectivity index (χ3v) is 7.47. The van der Waals surface area contributed by atoms with Crippen molar-refractivity contribution in [1.29, 1.82) is 0 Å². The summed E-state index contributed by atoms with van der Waals surface area (Å²) in [5.41, 5.74) is 7.32. The number of hydrogen-bond donors (Lipinski definition) is 1. The smallest absolute Gasteiger partial charge is 0.273 e. The van der Waals surface area contributed by atoms with Crippen LogP contribution in [0.25, 0.3) is 11.3 Å². The Bertz CT molecular complexity index is 1610. The van der Waals surface area contributed by atoms with E-state index in [-0.39, 0.29) is 11.9 Å². The van der Waals surface area contributed by atoms with Gasteiger partial charge in [-0.15, -0.1) is 0 Å². The van der Waals surface area contributed by atoms with Crippen molar-refractivity contribution in [3.63, 3.8) is 0 Å². The van der Waals surface area contributed by atoms with Crippen LogP contribution in [0, 0.1) is 6.92 Å². The van der Waals surface area contributed by atoms with Crippen LogP contribution in [0.1, 0.15) is 44.3 Å². The summed E-state index contributed by atoms with van der Waals surface area (Å²) < 4.78 is 6.01. The van der Waals surface area contributed by atoms with Gasteiger partial charge >= 0.3 is 0 Å². The topological polar surface area (TPSA) is 58.2 Å². The molecule has 6 rings (SSSR count). The Morgan fingerprint density at radius 3 is 2.08 bits per heavy atom. The van der Waals surface area contributed by atoms with Crippen LogP contribution in [0.5, 0.6) is 5.75 Å². The molecule has 1 amide bonds. The van der Waals surface area contributed by atoms with E-state index in [0.29, 0.717) is 28.9 Å². The molecule has 39 heavy (non-hydrogen) atoms. The Morgan fingerprint density at radius 2 is 1.44 bits per heavy atom. The van der Waals surface area contributed by atoms with Gasteiger partial charge < -0.3 is 9.64 Å². The molecule has 0 spiro atoms. The maximum Gasteiger partial charge on any atom is 0.273 e. The second kappa shape index (κ2) is 10.6. The number of hydrogen-bond acceptors (Lipinski definition) is 3. The van der Waals surface area contributed by atoms with Crippen LogP contribution < -0.4 is 4.74 Å². The number of fused-ring (bicyclic) bond motifs is 1. The van der Waals surface area contributed by atoms with Gasteiger partial charge in [0.25, 0.3) is 5.91 Å². The van der Waals surface area contributed by atoms with Gasteiger partial charge in [0.1, 0.15) is 18.1 Å². The van der Waals surface area contributed by atoms with Crippen molar-refractivity contribution in [3.05, 3.63) is 141 Å². The Balaban J connectivity index is 1.34. The van der Waals surface area contributed by atoms with E-state index < -0.39 is 0 Å². The highest BCUT2D eigenvalue weighted by molar-refractivity contribution is 6.30. The van der Waals surface area contributed by atoms with Crippen LogP contribution in [-0.2, 0) is 13.2 Å². The third kappa shape index (κ3) is 5.16. The molecule has 1 atom stereocenters. The molecule has 0 bridgehead atoms. The Hall–Kier alpha value is -4.06. The van der Waals surface area contributed by atoms with Gasteiger partial charge in [0.15, 0.2) is 0 Å². The normalized spacial score (nSPS) is 14.5. The Kier molecular flexibility index (Phi) is 6.86. The second-order valence-electron chi connectivity index (χ2n) is 9.67. The molecule has 5 nitrogen and oxygen atoms in total. The lowest BCUT2D eigenvalue weighted by Gasteiger charge is -2.27. The molecule has 1 N–H and O–H groups in total. The van der Waals surface area contributed by atoms with E-state index in [9.17, 15) is 4.79 Å². The van der Waals surface area contributed by atoms with Crippen LogP contribution in [0.2, 0.25) is 10.0 Å². The van der Waals surface area contributed by atoms with Gasteiger partial charge in [0.05, 0.1) is 11.7 Å². The number of rotatable bonds is 7. The molecule has 0 aliphatic carbocycles. The lowest BCUT2D eigenvalue weighted by molar-refractivity contribution is 0.0730. The molecule has 1 aliphatic heterocycles. The summed E-state index contributed by atoms with van der Waals surface area (Å²) in [6.07, 6.45) is 0. The molecule has 1 aromatic heterocycles. The highest BCUT2D eigenvalue weighted by Gasteiger charge is 2.42. The van der Waals surface area contributed by atoms with Crippen LogP contribution in [-0.4, -0.2) is 21.0 Å². The molecule has 0 saturated carbocycles.